The largest absolute Gasteiger partial charge is 0.444 e. The van der Waals surface area contributed by atoms with Crippen LogP contribution < -0.4 is 0 Å². The molecular weight excluding hydrogens is 349 g/mol. The summed E-state index contributed by atoms with van der Waals surface area (Å²) in [7, 11) is 0. The number of hydrogen-bond donors (Lipinski definition) is 0. The van der Waals surface area contributed by atoms with E-state index in [1.807, 2.05) is 20.8 Å². The molecule has 1 aromatic rings. The van der Waals surface area contributed by atoms with Gasteiger partial charge < -0.3 is 9.64 Å². The summed E-state index contributed by atoms with van der Waals surface area (Å²) in [4.78, 5) is 14.0. The van der Waals surface area contributed by atoms with Crippen LogP contribution in [0.3, 0.4) is 0 Å². The highest BCUT2D eigenvalue weighted by Gasteiger charge is 2.22. The van der Waals surface area contributed by atoms with Gasteiger partial charge in [-0.1, -0.05) is 19.9 Å². The van der Waals surface area contributed by atoms with Crippen LogP contribution in [-0.4, -0.2) is 23.1 Å². The average Bonchev–Trinajstić information content (AvgIpc) is 2.36. The first-order valence-electron chi connectivity index (χ1n) is 7.50. The molecule has 0 heterocycles. The summed E-state index contributed by atoms with van der Waals surface area (Å²) >= 11 is 3.13. The molecule has 0 N–H and O–H groups in total. The Morgan fingerprint density at radius 2 is 2.00 bits per heavy atom. The summed E-state index contributed by atoms with van der Waals surface area (Å²) in [5.74, 6) is 0.150. The summed E-state index contributed by atoms with van der Waals surface area (Å²) < 4.78 is 19.5. The molecule has 3 nitrogen and oxygen atoms in total. The number of amides is 1. The molecular formula is C17H25BrFNO2. The van der Waals surface area contributed by atoms with Crippen LogP contribution in [0.25, 0.3) is 0 Å². The van der Waals surface area contributed by atoms with Gasteiger partial charge >= 0.3 is 6.09 Å². The fourth-order valence-corrected chi connectivity index (χ4v) is 2.08. The topological polar surface area (TPSA) is 29.5 Å². The number of rotatable bonds is 5. The molecule has 0 aliphatic rings. The van der Waals surface area contributed by atoms with Crippen molar-refractivity contribution in [2.24, 2.45) is 5.92 Å². The van der Waals surface area contributed by atoms with E-state index >= 15 is 0 Å². The van der Waals surface area contributed by atoms with Gasteiger partial charge in [0, 0.05) is 13.1 Å². The zero-order chi connectivity index (χ0) is 16.9. The standard InChI is InChI=1S/C17H25BrFNO2/c1-12(2)8-9-20(16(21)22-17(3,4)5)11-13-6-7-14(18)15(19)10-13/h6-7,10,12H,8-9,11H2,1-5H3. The van der Waals surface area contributed by atoms with Crippen LogP contribution in [0.15, 0.2) is 22.7 Å². The first kappa shape index (κ1) is 18.9. The molecule has 0 spiro atoms. The van der Waals surface area contributed by atoms with Gasteiger partial charge in [0.15, 0.2) is 0 Å². The van der Waals surface area contributed by atoms with Gasteiger partial charge in [0.2, 0.25) is 0 Å². The Labute approximate surface area is 141 Å². The van der Waals surface area contributed by atoms with Crippen molar-refractivity contribution in [2.75, 3.05) is 6.54 Å². The molecule has 1 aromatic carbocycles. The van der Waals surface area contributed by atoms with Gasteiger partial charge in [-0.15, -0.1) is 0 Å². The lowest BCUT2D eigenvalue weighted by molar-refractivity contribution is 0.0225. The molecule has 0 aliphatic carbocycles. The summed E-state index contributed by atoms with van der Waals surface area (Å²) in [6.07, 6.45) is 0.509. The van der Waals surface area contributed by atoms with E-state index in [2.05, 4.69) is 29.8 Å². The van der Waals surface area contributed by atoms with Gasteiger partial charge in [0.1, 0.15) is 11.4 Å². The van der Waals surface area contributed by atoms with E-state index in [0.717, 1.165) is 12.0 Å². The molecule has 5 heteroatoms. The number of carbonyl (C=O) groups excluding carboxylic acids is 1. The zero-order valence-corrected chi connectivity index (χ0v) is 15.5. The summed E-state index contributed by atoms with van der Waals surface area (Å²) in [6, 6.07) is 4.90. The van der Waals surface area contributed by atoms with Crippen molar-refractivity contribution in [1.29, 1.82) is 0 Å². The third-order valence-corrected chi connectivity index (χ3v) is 3.63. The van der Waals surface area contributed by atoms with Gasteiger partial charge in [-0.3, -0.25) is 0 Å². The van der Waals surface area contributed by atoms with Crippen molar-refractivity contribution in [1.82, 2.24) is 4.90 Å². The van der Waals surface area contributed by atoms with Gasteiger partial charge in [0.05, 0.1) is 4.47 Å². The molecule has 1 rings (SSSR count). The third-order valence-electron chi connectivity index (χ3n) is 2.99. The fourth-order valence-electron chi connectivity index (χ4n) is 1.83. The van der Waals surface area contributed by atoms with Crippen LogP contribution in [-0.2, 0) is 11.3 Å². The van der Waals surface area contributed by atoms with Crippen molar-refractivity contribution >= 4 is 22.0 Å². The van der Waals surface area contributed by atoms with Gasteiger partial charge in [-0.05, 0) is 66.7 Å². The molecule has 0 unspecified atom stereocenters. The highest BCUT2D eigenvalue weighted by Crippen LogP contribution is 2.19. The van der Waals surface area contributed by atoms with Gasteiger partial charge in [-0.25, -0.2) is 9.18 Å². The van der Waals surface area contributed by atoms with Gasteiger partial charge in [0.25, 0.3) is 0 Å². The normalized spacial score (nSPS) is 11.6. The Hall–Kier alpha value is -1.10. The fraction of sp³-hybridized carbons (Fsp3) is 0.588. The third kappa shape index (κ3) is 6.77. The molecule has 0 saturated heterocycles. The second-order valence-electron chi connectivity index (χ2n) is 6.83. The molecule has 0 aliphatic heterocycles. The van der Waals surface area contributed by atoms with Crippen LogP contribution >= 0.6 is 15.9 Å². The Morgan fingerprint density at radius 3 is 2.50 bits per heavy atom. The number of halogens is 2. The number of carbonyl (C=O) groups is 1. The molecule has 124 valence electrons. The number of ether oxygens (including phenoxy) is 1. The van der Waals surface area contributed by atoms with E-state index in [9.17, 15) is 9.18 Å². The quantitative estimate of drug-likeness (QED) is 0.693. The van der Waals surface area contributed by atoms with Crippen LogP contribution in [0.1, 0.15) is 46.6 Å². The van der Waals surface area contributed by atoms with E-state index in [0.29, 0.717) is 23.5 Å². The molecule has 22 heavy (non-hydrogen) atoms. The lowest BCUT2D eigenvalue weighted by Gasteiger charge is -2.28. The number of benzene rings is 1. The van der Waals surface area contributed by atoms with E-state index in [-0.39, 0.29) is 11.9 Å². The van der Waals surface area contributed by atoms with Crippen molar-refractivity contribution in [2.45, 2.75) is 53.2 Å². The van der Waals surface area contributed by atoms with Crippen molar-refractivity contribution in [3.8, 4) is 0 Å². The van der Waals surface area contributed by atoms with Crippen molar-refractivity contribution < 1.29 is 13.9 Å². The predicted molar refractivity (Wildman–Crippen MR) is 90.2 cm³/mol. The monoisotopic (exact) mass is 373 g/mol. The number of nitrogens with zero attached hydrogens (tertiary/aromatic N) is 1. The van der Waals surface area contributed by atoms with Crippen LogP contribution in [0.5, 0.6) is 0 Å². The Bertz CT molecular complexity index is 512. The van der Waals surface area contributed by atoms with Crippen LogP contribution in [0.4, 0.5) is 9.18 Å². The minimum absolute atomic E-state index is 0.328. The van der Waals surface area contributed by atoms with Crippen molar-refractivity contribution in [3.05, 3.63) is 34.1 Å². The summed E-state index contributed by atoms with van der Waals surface area (Å²) in [6.45, 7) is 10.6. The maximum atomic E-state index is 13.6. The second-order valence-corrected chi connectivity index (χ2v) is 7.69. The minimum Gasteiger partial charge on any atom is -0.444 e. The summed E-state index contributed by atoms with van der Waals surface area (Å²) in [5, 5.41) is 0. The zero-order valence-electron chi connectivity index (χ0n) is 14.0. The first-order chi connectivity index (χ1) is 10.1. The SMILES string of the molecule is CC(C)CCN(Cc1ccc(Br)c(F)c1)C(=O)OC(C)(C)C. The molecule has 0 saturated carbocycles. The van der Waals surface area contributed by atoms with Crippen LogP contribution in [0, 0.1) is 11.7 Å². The van der Waals surface area contributed by atoms with E-state index in [1.54, 1.807) is 17.0 Å². The maximum absolute atomic E-state index is 13.6. The minimum atomic E-state index is -0.544. The molecule has 0 bridgehead atoms. The lowest BCUT2D eigenvalue weighted by atomic mass is 10.1. The Kier molecular flexibility index (Phi) is 6.85. The van der Waals surface area contributed by atoms with Crippen molar-refractivity contribution in [3.63, 3.8) is 0 Å². The van der Waals surface area contributed by atoms with Crippen LogP contribution in [0.2, 0.25) is 0 Å². The molecule has 0 fully saturated rings. The van der Waals surface area contributed by atoms with E-state index in [4.69, 9.17) is 4.74 Å². The second kappa shape index (κ2) is 7.95. The van der Waals surface area contributed by atoms with E-state index in [1.165, 1.54) is 6.07 Å². The summed E-state index contributed by atoms with van der Waals surface area (Å²) in [5.41, 5.74) is 0.202. The molecule has 1 amide bonds. The Morgan fingerprint density at radius 1 is 1.36 bits per heavy atom. The average molecular weight is 374 g/mol. The molecule has 0 atom stereocenters. The predicted octanol–water partition coefficient (Wildman–Crippen LogP) is 5.37. The number of hydrogen-bond acceptors (Lipinski definition) is 2. The molecule has 0 radical (unpaired) electrons. The lowest BCUT2D eigenvalue weighted by Crippen LogP contribution is -2.37. The van der Waals surface area contributed by atoms with Gasteiger partial charge in [-0.2, -0.15) is 0 Å². The highest BCUT2D eigenvalue weighted by molar-refractivity contribution is 9.10. The Balaban J connectivity index is 2.84. The molecule has 0 aromatic heterocycles. The highest BCUT2D eigenvalue weighted by atomic mass is 79.9. The smallest absolute Gasteiger partial charge is 0.410 e. The maximum Gasteiger partial charge on any atom is 0.410 e. The van der Waals surface area contributed by atoms with E-state index < -0.39 is 5.60 Å². The first-order valence-corrected chi connectivity index (χ1v) is 8.29.